The Morgan fingerprint density at radius 2 is 1.78 bits per heavy atom. The molecule has 3 rings (SSSR count). The third kappa shape index (κ3) is 5.12. The second-order valence-corrected chi connectivity index (χ2v) is 6.23. The largest absolute Gasteiger partial charge is 0.435 e. The maximum Gasteiger partial charge on any atom is 0.387 e. The monoisotopic (exact) mass is 326 g/mol. The quantitative estimate of drug-likeness (QED) is 0.802. The van der Waals surface area contributed by atoms with Crippen LogP contribution in [0.1, 0.15) is 18.4 Å². The van der Waals surface area contributed by atoms with Crippen LogP contribution < -0.4 is 4.74 Å². The van der Waals surface area contributed by atoms with Crippen LogP contribution in [0.3, 0.4) is 0 Å². The van der Waals surface area contributed by atoms with E-state index in [4.69, 9.17) is 4.74 Å². The molecule has 2 aliphatic rings. The molecule has 0 amide bonds. The summed E-state index contributed by atoms with van der Waals surface area (Å²) in [6, 6.07) is 6.93. The van der Waals surface area contributed by atoms with E-state index in [1.54, 1.807) is 12.1 Å². The van der Waals surface area contributed by atoms with E-state index in [1.807, 2.05) is 12.1 Å². The first kappa shape index (κ1) is 16.6. The van der Waals surface area contributed by atoms with E-state index in [9.17, 15) is 8.78 Å². The smallest absolute Gasteiger partial charge is 0.387 e. The summed E-state index contributed by atoms with van der Waals surface area (Å²) in [5.74, 6) is 0.213. The molecule has 2 fully saturated rings. The van der Waals surface area contributed by atoms with Crippen molar-refractivity contribution in [2.45, 2.75) is 32.1 Å². The van der Waals surface area contributed by atoms with E-state index < -0.39 is 6.61 Å². The minimum Gasteiger partial charge on any atom is -0.435 e. The highest BCUT2D eigenvalue weighted by Crippen LogP contribution is 2.18. The molecule has 1 unspecified atom stereocenters. The predicted molar refractivity (Wildman–Crippen MR) is 83.8 cm³/mol. The zero-order valence-electron chi connectivity index (χ0n) is 13.3. The van der Waals surface area contributed by atoms with Crippen LogP contribution in [0.5, 0.6) is 5.75 Å². The van der Waals surface area contributed by atoms with Crippen LogP contribution in [-0.4, -0.2) is 61.8 Å². The highest BCUT2D eigenvalue weighted by molar-refractivity contribution is 5.27. The van der Waals surface area contributed by atoms with E-state index in [2.05, 4.69) is 14.5 Å². The molecule has 1 aromatic rings. The standard InChI is InChI=1S/C17H24F2N2O2/c18-17(19)23-15-5-3-14(4-6-15)12-20-7-9-21(10-8-20)13-16-2-1-11-22-16/h3-6,16-17H,1-2,7-13H2. The van der Waals surface area contributed by atoms with Crippen LogP contribution in [0.4, 0.5) is 8.78 Å². The van der Waals surface area contributed by atoms with Gasteiger partial charge in [0.25, 0.3) is 0 Å². The lowest BCUT2D eigenvalue weighted by Crippen LogP contribution is -2.48. The number of piperazine rings is 1. The molecule has 0 spiro atoms. The van der Waals surface area contributed by atoms with Crippen molar-refractivity contribution in [1.29, 1.82) is 0 Å². The lowest BCUT2D eigenvalue weighted by atomic mass is 10.1. The van der Waals surface area contributed by atoms with Gasteiger partial charge in [0, 0.05) is 45.9 Å². The summed E-state index contributed by atoms with van der Waals surface area (Å²) < 4.78 is 34.3. The Morgan fingerprint density at radius 1 is 1.09 bits per heavy atom. The molecule has 2 heterocycles. The molecule has 2 saturated heterocycles. The van der Waals surface area contributed by atoms with Crippen LogP contribution in [0.2, 0.25) is 0 Å². The number of halogens is 2. The molecule has 6 heteroatoms. The number of rotatable bonds is 6. The second-order valence-electron chi connectivity index (χ2n) is 6.23. The van der Waals surface area contributed by atoms with Gasteiger partial charge in [-0.1, -0.05) is 12.1 Å². The Kier molecular flexibility index (Phi) is 5.80. The van der Waals surface area contributed by atoms with Gasteiger partial charge in [-0.25, -0.2) is 0 Å². The Bertz CT molecular complexity index is 470. The first-order valence-electron chi connectivity index (χ1n) is 8.29. The number of benzene rings is 1. The number of nitrogens with zero attached hydrogens (tertiary/aromatic N) is 2. The van der Waals surface area contributed by atoms with Gasteiger partial charge in [0.15, 0.2) is 0 Å². The summed E-state index contributed by atoms with van der Waals surface area (Å²) in [5, 5.41) is 0. The van der Waals surface area contributed by atoms with E-state index in [0.717, 1.165) is 51.4 Å². The molecule has 0 aliphatic carbocycles. The van der Waals surface area contributed by atoms with Gasteiger partial charge >= 0.3 is 6.61 Å². The van der Waals surface area contributed by atoms with Gasteiger partial charge in [0.2, 0.25) is 0 Å². The lowest BCUT2D eigenvalue weighted by Gasteiger charge is -2.35. The molecule has 0 radical (unpaired) electrons. The fourth-order valence-corrected chi connectivity index (χ4v) is 3.24. The summed E-state index contributed by atoms with van der Waals surface area (Å²) in [7, 11) is 0. The highest BCUT2D eigenvalue weighted by Gasteiger charge is 2.22. The van der Waals surface area contributed by atoms with E-state index >= 15 is 0 Å². The summed E-state index contributed by atoms with van der Waals surface area (Å²) in [6.45, 7) is 4.23. The summed E-state index contributed by atoms with van der Waals surface area (Å²) in [5.41, 5.74) is 1.12. The van der Waals surface area contributed by atoms with Crippen molar-refractivity contribution in [3.05, 3.63) is 29.8 Å². The van der Waals surface area contributed by atoms with Crippen molar-refractivity contribution in [1.82, 2.24) is 9.80 Å². The molecule has 0 saturated carbocycles. The molecule has 4 nitrogen and oxygen atoms in total. The van der Waals surface area contributed by atoms with Gasteiger partial charge < -0.3 is 9.47 Å². The first-order valence-corrected chi connectivity index (χ1v) is 8.29. The van der Waals surface area contributed by atoms with Gasteiger partial charge in [-0.2, -0.15) is 8.78 Å². The maximum atomic E-state index is 12.1. The topological polar surface area (TPSA) is 24.9 Å². The normalized spacial score (nSPS) is 23.5. The number of hydrogen-bond acceptors (Lipinski definition) is 4. The molecule has 23 heavy (non-hydrogen) atoms. The Hall–Kier alpha value is -1.24. The average molecular weight is 326 g/mol. The zero-order valence-corrected chi connectivity index (χ0v) is 13.3. The number of hydrogen-bond donors (Lipinski definition) is 0. The van der Waals surface area contributed by atoms with Crippen molar-refractivity contribution in [2.24, 2.45) is 0 Å². The zero-order chi connectivity index (χ0) is 16.1. The molecule has 2 aliphatic heterocycles. The van der Waals surface area contributed by atoms with Crippen LogP contribution in [-0.2, 0) is 11.3 Å². The molecular formula is C17H24F2N2O2. The van der Waals surface area contributed by atoms with Crippen molar-refractivity contribution < 1.29 is 18.3 Å². The van der Waals surface area contributed by atoms with Crippen molar-refractivity contribution in [2.75, 3.05) is 39.3 Å². The summed E-state index contributed by atoms with van der Waals surface area (Å²) in [6.07, 6.45) is 2.80. The molecule has 0 bridgehead atoms. The summed E-state index contributed by atoms with van der Waals surface area (Å²) >= 11 is 0. The van der Waals surface area contributed by atoms with Gasteiger partial charge in [0.1, 0.15) is 5.75 Å². The van der Waals surface area contributed by atoms with E-state index in [-0.39, 0.29) is 5.75 Å². The molecule has 128 valence electrons. The van der Waals surface area contributed by atoms with Crippen LogP contribution >= 0.6 is 0 Å². The van der Waals surface area contributed by atoms with E-state index in [1.165, 1.54) is 12.8 Å². The van der Waals surface area contributed by atoms with Crippen molar-refractivity contribution in [3.63, 3.8) is 0 Å². The Morgan fingerprint density at radius 3 is 2.39 bits per heavy atom. The van der Waals surface area contributed by atoms with Gasteiger partial charge in [-0.3, -0.25) is 9.80 Å². The van der Waals surface area contributed by atoms with Crippen LogP contribution in [0.25, 0.3) is 0 Å². The lowest BCUT2D eigenvalue weighted by molar-refractivity contribution is -0.0498. The fourth-order valence-electron chi connectivity index (χ4n) is 3.24. The number of ether oxygens (including phenoxy) is 2. The van der Waals surface area contributed by atoms with E-state index in [0.29, 0.717) is 6.10 Å². The molecule has 1 atom stereocenters. The van der Waals surface area contributed by atoms with Crippen molar-refractivity contribution >= 4 is 0 Å². The second kappa shape index (κ2) is 8.04. The minimum atomic E-state index is -2.77. The fraction of sp³-hybridized carbons (Fsp3) is 0.647. The van der Waals surface area contributed by atoms with Gasteiger partial charge in [-0.05, 0) is 30.5 Å². The number of alkyl halides is 2. The molecule has 0 N–H and O–H groups in total. The molecular weight excluding hydrogens is 302 g/mol. The third-order valence-corrected chi connectivity index (χ3v) is 4.51. The Balaban J connectivity index is 1.41. The predicted octanol–water partition coefficient (Wildman–Crippen LogP) is 2.58. The third-order valence-electron chi connectivity index (χ3n) is 4.51. The SMILES string of the molecule is FC(F)Oc1ccc(CN2CCN(CC3CCCO3)CC2)cc1. The average Bonchev–Trinajstić information content (AvgIpc) is 3.04. The molecule has 1 aromatic carbocycles. The maximum absolute atomic E-state index is 12.1. The Labute approximate surface area is 136 Å². The summed E-state index contributed by atoms with van der Waals surface area (Å²) in [4.78, 5) is 4.88. The molecule has 0 aromatic heterocycles. The van der Waals surface area contributed by atoms with Gasteiger partial charge in [-0.15, -0.1) is 0 Å². The van der Waals surface area contributed by atoms with Crippen LogP contribution in [0.15, 0.2) is 24.3 Å². The minimum absolute atomic E-state index is 0.213. The first-order chi connectivity index (χ1) is 11.2. The van der Waals surface area contributed by atoms with Crippen molar-refractivity contribution in [3.8, 4) is 5.75 Å². The van der Waals surface area contributed by atoms with Crippen LogP contribution in [0, 0.1) is 0 Å². The highest BCUT2D eigenvalue weighted by atomic mass is 19.3. The van der Waals surface area contributed by atoms with Gasteiger partial charge in [0.05, 0.1) is 6.10 Å².